The fraction of sp³-hybridized carbons (Fsp3) is 1.00. The van der Waals surface area contributed by atoms with Crippen LogP contribution in [0.1, 0.15) is 13.3 Å². The topological polar surface area (TPSA) is 29.5 Å². The fourth-order valence-corrected chi connectivity index (χ4v) is 0.932. The molecule has 62 valence electrons. The predicted molar refractivity (Wildman–Crippen MR) is 48.8 cm³/mol. The maximum absolute atomic E-state index is 8.48. The normalized spacial score (nSPS) is 16.8. The van der Waals surface area contributed by atoms with E-state index in [1.54, 1.807) is 0 Å². The van der Waals surface area contributed by atoms with E-state index >= 15 is 0 Å². The summed E-state index contributed by atoms with van der Waals surface area (Å²) >= 11 is 6.61. The van der Waals surface area contributed by atoms with Crippen molar-refractivity contribution in [3.63, 3.8) is 0 Å². The van der Waals surface area contributed by atoms with Gasteiger partial charge in [0.25, 0.3) is 0 Å². The molecule has 0 heterocycles. The first-order chi connectivity index (χ1) is 4.66. The molecule has 0 rings (SSSR count). The van der Waals surface area contributed by atoms with Crippen molar-refractivity contribution in [2.24, 2.45) is 0 Å². The molecule has 0 amide bonds. The van der Waals surface area contributed by atoms with Gasteiger partial charge in [-0.25, -0.2) is 0 Å². The minimum absolute atomic E-state index is 0.0162. The van der Waals surface area contributed by atoms with Gasteiger partial charge in [-0.05, 0) is 0 Å². The van der Waals surface area contributed by atoms with Crippen molar-refractivity contribution in [3.05, 3.63) is 0 Å². The molecule has 0 saturated heterocycles. The highest BCUT2D eigenvalue weighted by molar-refractivity contribution is 9.09. The fourth-order valence-electron chi connectivity index (χ4n) is 0.422. The van der Waals surface area contributed by atoms with E-state index in [1.165, 1.54) is 0 Å². The first-order valence-corrected chi connectivity index (χ1v) is 5.00. The van der Waals surface area contributed by atoms with Crippen LogP contribution in [0.3, 0.4) is 0 Å². The van der Waals surface area contributed by atoms with Gasteiger partial charge in [0.1, 0.15) is 5.01 Å². The van der Waals surface area contributed by atoms with Crippen LogP contribution in [-0.4, -0.2) is 28.2 Å². The third kappa shape index (κ3) is 6.99. The molecule has 10 heavy (non-hydrogen) atoms. The van der Waals surface area contributed by atoms with Crippen LogP contribution in [0.4, 0.5) is 0 Å². The van der Waals surface area contributed by atoms with E-state index in [9.17, 15) is 0 Å². The van der Waals surface area contributed by atoms with E-state index in [1.807, 2.05) is 6.92 Å². The van der Waals surface area contributed by atoms with Gasteiger partial charge in [-0.3, -0.25) is 0 Å². The quantitative estimate of drug-likeness (QED) is 0.777. The maximum atomic E-state index is 8.48. The summed E-state index contributed by atoms with van der Waals surface area (Å²) in [4.78, 5) is 0.367. The molecular weight excluding hydrogens is 264 g/mol. The minimum atomic E-state index is -0.0162. The lowest BCUT2D eigenvalue weighted by Crippen LogP contribution is -2.12. The molecular formula is C6H12Br2O2. The van der Waals surface area contributed by atoms with Gasteiger partial charge in [-0.1, -0.05) is 38.8 Å². The van der Waals surface area contributed by atoms with Crippen LogP contribution in [-0.2, 0) is 4.74 Å². The van der Waals surface area contributed by atoms with Crippen LogP contribution < -0.4 is 0 Å². The molecule has 0 aromatic rings. The number of alkyl halides is 2. The summed E-state index contributed by atoms with van der Waals surface area (Å²) in [7, 11) is 0. The van der Waals surface area contributed by atoms with E-state index in [4.69, 9.17) is 9.84 Å². The number of aliphatic hydroxyl groups excluding tert-OH is 1. The third-order valence-electron chi connectivity index (χ3n) is 0.863. The summed E-state index contributed by atoms with van der Waals surface area (Å²) < 4.78 is 5.25. The lowest BCUT2D eigenvalue weighted by molar-refractivity contribution is 0.100. The monoisotopic (exact) mass is 274 g/mol. The van der Waals surface area contributed by atoms with Gasteiger partial charge in [0.2, 0.25) is 0 Å². The lowest BCUT2D eigenvalue weighted by Gasteiger charge is -2.10. The van der Waals surface area contributed by atoms with Crippen molar-refractivity contribution in [1.29, 1.82) is 0 Å². The molecule has 0 spiro atoms. The molecule has 0 saturated carbocycles. The van der Waals surface area contributed by atoms with Gasteiger partial charge in [0, 0.05) is 17.9 Å². The average molecular weight is 276 g/mol. The summed E-state index contributed by atoms with van der Waals surface area (Å²) in [5.74, 6) is 0. The summed E-state index contributed by atoms with van der Waals surface area (Å²) in [6, 6.07) is 0. The van der Waals surface area contributed by atoms with Crippen molar-refractivity contribution in [2.75, 3.05) is 13.2 Å². The molecule has 2 atom stereocenters. The Kier molecular flexibility index (Phi) is 7.16. The van der Waals surface area contributed by atoms with Crippen molar-refractivity contribution in [2.45, 2.75) is 23.2 Å². The summed E-state index contributed by atoms with van der Waals surface area (Å²) in [5, 5.41) is 8.46. The molecule has 0 radical (unpaired) electrons. The van der Waals surface area contributed by atoms with Crippen LogP contribution >= 0.6 is 31.9 Å². The molecule has 1 N–H and O–H groups in total. The standard InChI is InChI=1S/C6H12Br2O2/c1-5(7)4-10-6(8)2-3-9/h5-6,9H,2-4H2,1H3. The Balaban J connectivity index is 3.12. The van der Waals surface area contributed by atoms with Crippen LogP contribution in [0, 0.1) is 0 Å². The van der Waals surface area contributed by atoms with Gasteiger partial charge >= 0.3 is 0 Å². The highest BCUT2D eigenvalue weighted by Crippen LogP contribution is 2.08. The molecule has 0 aliphatic carbocycles. The van der Waals surface area contributed by atoms with Gasteiger partial charge < -0.3 is 9.84 Å². The van der Waals surface area contributed by atoms with Gasteiger partial charge in [0.15, 0.2) is 0 Å². The molecule has 0 aliphatic rings. The highest BCUT2D eigenvalue weighted by atomic mass is 79.9. The zero-order valence-electron chi connectivity index (χ0n) is 5.89. The first kappa shape index (κ1) is 10.9. The van der Waals surface area contributed by atoms with Crippen molar-refractivity contribution >= 4 is 31.9 Å². The summed E-state index contributed by atoms with van der Waals surface area (Å²) in [6.45, 7) is 2.83. The Bertz CT molecular complexity index is 78.1. The van der Waals surface area contributed by atoms with Crippen molar-refractivity contribution in [3.8, 4) is 0 Å². The predicted octanol–water partition coefficient (Wildman–Crippen LogP) is 1.89. The Labute approximate surface area is 78.2 Å². The number of aliphatic hydroxyl groups is 1. The van der Waals surface area contributed by atoms with Crippen LogP contribution in [0.5, 0.6) is 0 Å². The average Bonchev–Trinajstić information content (AvgIpc) is 1.85. The van der Waals surface area contributed by atoms with E-state index in [0.29, 0.717) is 17.9 Å². The third-order valence-corrected chi connectivity index (χ3v) is 1.85. The second-order valence-corrected chi connectivity index (χ2v) is 4.62. The van der Waals surface area contributed by atoms with Crippen molar-refractivity contribution < 1.29 is 9.84 Å². The zero-order valence-corrected chi connectivity index (χ0v) is 9.06. The van der Waals surface area contributed by atoms with Gasteiger partial charge in [-0.2, -0.15) is 0 Å². The molecule has 2 unspecified atom stereocenters. The molecule has 0 bridgehead atoms. The smallest absolute Gasteiger partial charge is 0.114 e. The van der Waals surface area contributed by atoms with Gasteiger partial charge in [0.05, 0.1) is 6.61 Å². The second kappa shape index (κ2) is 6.58. The number of rotatable bonds is 5. The number of hydrogen-bond donors (Lipinski definition) is 1. The lowest BCUT2D eigenvalue weighted by atomic mass is 10.5. The number of hydrogen-bond acceptors (Lipinski definition) is 2. The zero-order chi connectivity index (χ0) is 7.98. The molecule has 0 aromatic heterocycles. The summed E-state index contributed by atoms with van der Waals surface area (Å²) in [5.41, 5.74) is 0. The largest absolute Gasteiger partial charge is 0.396 e. The van der Waals surface area contributed by atoms with Crippen LogP contribution in [0.2, 0.25) is 0 Å². The minimum Gasteiger partial charge on any atom is -0.396 e. The van der Waals surface area contributed by atoms with Crippen molar-refractivity contribution in [1.82, 2.24) is 0 Å². The Hall–Kier alpha value is 0.880. The summed E-state index contributed by atoms with van der Waals surface area (Å²) in [6.07, 6.45) is 0.639. The molecule has 0 aliphatic heterocycles. The van der Waals surface area contributed by atoms with E-state index in [2.05, 4.69) is 31.9 Å². The first-order valence-electron chi connectivity index (χ1n) is 3.17. The Morgan fingerprint density at radius 1 is 1.50 bits per heavy atom. The number of halogens is 2. The molecule has 0 fully saturated rings. The van der Waals surface area contributed by atoms with E-state index in [-0.39, 0.29) is 11.6 Å². The highest BCUT2D eigenvalue weighted by Gasteiger charge is 2.03. The molecule has 0 aromatic carbocycles. The SMILES string of the molecule is CC(Br)COC(Br)CCO. The van der Waals surface area contributed by atoms with Gasteiger partial charge in [-0.15, -0.1) is 0 Å². The maximum Gasteiger partial charge on any atom is 0.114 e. The van der Waals surface area contributed by atoms with Crippen LogP contribution in [0.15, 0.2) is 0 Å². The van der Waals surface area contributed by atoms with E-state index in [0.717, 1.165) is 0 Å². The number of ether oxygens (including phenoxy) is 1. The molecule has 2 nitrogen and oxygen atoms in total. The molecule has 4 heteroatoms. The Morgan fingerprint density at radius 2 is 2.10 bits per heavy atom. The van der Waals surface area contributed by atoms with E-state index < -0.39 is 0 Å². The second-order valence-electron chi connectivity index (χ2n) is 2.04. The van der Waals surface area contributed by atoms with Crippen LogP contribution in [0.25, 0.3) is 0 Å². The Morgan fingerprint density at radius 3 is 2.50 bits per heavy atom.